The minimum absolute atomic E-state index is 0.0382. The minimum atomic E-state index is -0.457. The summed E-state index contributed by atoms with van der Waals surface area (Å²) in [6, 6.07) is 21.8. The van der Waals surface area contributed by atoms with E-state index in [2.05, 4.69) is 10.6 Å². The molecule has 0 bridgehead atoms. The van der Waals surface area contributed by atoms with Crippen LogP contribution in [0.2, 0.25) is 0 Å². The highest BCUT2D eigenvalue weighted by Crippen LogP contribution is 2.30. The van der Waals surface area contributed by atoms with Gasteiger partial charge in [0.15, 0.2) is 0 Å². The van der Waals surface area contributed by atoms with Crippen LogP contribution in [0, 0.1) is 5.92 Å². The summed E-state index contributed by atoms with van der Waals surface area (Å²) < 4.78 is 8.55. The summed E-state index contributed by atoms with van der Waals surface area (Å²) in [5.74, 6) is 0.0292. The molecule has 0 radical (unpaired) electrons. The molecule has 236 valence electrons. The number of hydrogen-bond acceptors (Lipinski definition) is 5. The van der Waals surface area contributed by atoms with Crippen LogP contribution in [-0.2, 0) is 29.5 Å². The first kappa shape index (κ1) is 31.6. The number of hydrogen-bond donors (Lipinski definition) is 3. The number of urea groups is 1. The number of aromatic nitrogens is 1. The summed E-state index contributed by atoms with van der Waals surface area (Å²) in [7, 11) is 3.66. The van der Waals surface area contributed by atoms with Crippen LogP contribution < -0.4 is 15.4 Å². The van der Waals surface area contributed by atoms with Crippen LogP contribution >= 0.6 is 0 Å². The van der Waals surface area contributed by atoms with Crippen LogP contribution in [0.4, 0.5) is 16.2 Å². The molecule has 0 unspecified atom stereocenters. The molecule has 1 aliphatic heterocycles. The molecule has 0 fully saturated rings. The smallest absolute Gasteiger partial charge is 0.321 e. The van der Waals surface area contributed by atoms with Gasteiger partial charge < -0.3 is 34.8 Å². The van der Waals surface area contributed by atoms with Gasteiger partial charge in [-0.15, -0.1) is 0 Å². The lowest BCUT2D eigenvalue weighted by atomic mass is 10.0. The number of nitrogens with one attached hydrogen (secondary N) is 2. The Morgan fingerprint density at radius 2 is 1.78 bits per heavy atom. The van der Waals surface area contributed by atoms with Crippen LogP contribution in [0.15, 0.2) is 79.0 Å². The number of carbonyl (C=O) groups excluding carboxylic acids is 3. The third-order valence-electron chi connectivity index (χ3n) is 8.36. The molecule has 3 N–H and O–H groups in total. The summed E-state index contributed by atoms with van der Waals surface area (Å²) in [5.41, 5.74) is 3.85. The molecule has 1 aromatic heterocycles. The van der Waals surface area contributed by atoms with Crippen molar-refractivity contribution in [2.75, 3.05) is 37.4 Å². The molecule has 1 aliphatic rings. The number of para-hydroxylation sites is 2. The molecule has 0 aliphatic carbocycles. The molecule has 4 aromatic rings. The first-order valence-electron chi connectivity index (χ1n) is 15.2. The van der Waals surface area contributed by atoms with Gasteiger partial charge in [0.05, 0.1) is 32.0 Å². The Labute approximate surface area is 263 Å². The van der Waals surface area contributed by atoms with Crippen LogP contribution in [0.5, 0.6) is 5.75 Å². The predicted molar refractivity (Wildman–Crippen MR) is 175 cm³/mol. The quantitative estimate of drug-likeness (QED) is 0.268. The summed E-state index contributed by atoms with van der Waals surface area (Å²) in [6.45, 7) is 4.22. The third-order valence-corrected chi connectivity index (χ3v) is 8.36. The fourth-order valence-corrected chi connectivity index (χ4v) is 5.76. The third kappa shape index (κ3) is 7.46. The number of aliphatic hydroxyl groups excluding tert-OH is 1. The van der Waals surface area contributed by atoms with E-state index >= 15 is 0 Å². The number of rotatable bonds is 8. The fraction of sp³-hybridized carbons (Fsp3) is 0.343. The van der Waals surface area contributed by atoms with Crippen molar-refractivity contribution in [1.29, 1.82) is 0 Å². The summed E-state index contributed by atoms with van der Waals surface area (Å²) in [6.07, 6.45) is 1.75. The number of benzene rings is 3. The Kier molecular flexibility index (Phi) is 9.73. The van der Waals surface area contributed by atoms with Crippen LogP contribution in [-0.4, -0.2) is 76.2 Å². The van der Waals surface area contributed by atoms with Crippen molar-refractivity contribution in [2.45, 2.75) is 38.8 Å². The number of aliphatic hydroxyl groups is 1. The molecule has 45 heavy (non-hydrogen) atoms. The number of carbonyl (C=O) groups is 3. The Bertz CT molecular complexity index is 1670. The largest absolute Gasteiger partial charge is 0.488 e. The van der Waals surface area contributed by atoms with Gasteiger partial charge in [-0.25, -0.2) is 4.79 Å². The van der Waals surface area contributed by atoms with Crippen molar-refractivity contribution in [1.82, 2.24) is 14.4 Å². The Morgan fingerprint density at radius 3 is 2.53 bits per heavy atom. The Morgan fingerprint density at radius 1 is 1.04 bits per heavy atom. The lowest BCUT2D eigenvalue weighted by Gasteiger charge is -2.34. The highest BCUT2D eigenvalue weighted by molar-refractivity contribution is 5.96. The van der Waals surface area contributed by atoms with Gasteiger partial charge in [0.2, 0.25) is 11.8 Å². The molecular formula is C35H41N5O5. The van der Waals surface area contributed by atoms with Crippen molar-refractivity contribution in [2.24, 2.45) is 13.0 Å². The van der Waals surface area contributed by atoms with Crippen molar-refractivity contribution >= 4 is 40.1 Å². The molecular weight excluding hydrogens is 570 g/mol. The summed E-state index contributed by atoms with van der Waals surface area (Å²) in [5, 5.41) is 16.9. The van der Waals surface area contributed by atoms with Crippen molar-refractivity contribution < 1.29 is 24.2 Å². The van der Waals surface area contributed by atoms with E-state index in [9.17, 15) is 19.5 Å². The zero-order valence-corrected chi connectivity index (χ0v) is 26.2. The van der Waals surface area contributed by atoms with E-state index in [1.807, 2.05) is 86.3 Å². The molecule has 2 heterocycles. The number of ether oxygens (including phenoxy) is 1. The van der Waals surface area contributed by atoms with Gasteiger partial charge >= 0.3 is 6.03 Å². The van der Waals surface area contributed by atoms with Crippen LogP contribution in [0.3, 0.4) is 0 Å². The number of nitrogens with zero attached hydrogens (tertiary/aromatic N) is 3. The predicted octanol–water partition coefficient (Wildman–Crippen LogP) is 4.67. The zero-order chi connectivity index (χ0) is 32.1. The van der Waals surface area contributed by atoms with E-state index in [-0.39, 0.29) is 49.8 Å². The Hall–Kier alpha value is -4.83. The van der Waals surface area contributed by atoms with Crippen LogP contribution in [0.1, 0.15) is 25.0 Å². The second kappa shape index (κ2) is 13.9. The normalized spacial score (nSPS) is 17.4. The maximum Gasteiger partial charge on any atom is 0.321 e. The number of likely N-dealkylation sites (N-methyl/N-ethyl adjacent to an activating group) is 1. The standard InChI is InChI=1S/C35H41N5O5/c1-23-19-40(24(2)22-41)34(43)18-25-16-28(36-33(42)17-26-20-38(3)30-13-9-8-12-29(26)30)14-15-31(25)45-32(23)21-39(4)35(44)37-27-10-6-5-7-11-27/h5-16,20,23-24,32,41H,17-19,21-22H2,1-4H3,(H,36,42)(H,37,44)/t23-,24+,32-/m0/s1. The van der Waals surface area contributed by atoms with E-state index in [4.69, 9.17) is 4.74 Å². The van der Waals surface area contributed by atoms with E-state index < -0.39 is 12.1 Å². The van der Waals surface area contributed by atoms with E-state index in [1.54, 1.807) is 35.0 Å². The first-order chi connectivity index (χ1) is 21.6. The highest BCUT2D eigenvalue weighted by atomic mass is 16.5. The van der Waals surface area contributed by atoms with Gasteiger partial charge in [-0.2, -0.15) is 0 Å². The monoisotopic (exact) mass is 611 g/mol. The number of amides is 4. The highest BCUT2D eigenvalue weighted by Gasteiger charge is 2.32. The van der Waals surface area contributed by atoms with Gasteiger partial charge in [0.1, 0.15) is 11.9 Å². The Balaban J connectivity index is 1.36. The molecule has 3 atom stereocenters. The lowest BCUT2D eigenvalue weighted by molar-refractivity contribution is -0.134. The zero-order valence-electron chi connectivity index (χ0n) is 26.2. The maximum atomic E-state index is 13.6. The number of anilines is 2. The van der Waals surface area contributed by atoms with E-state index in [0.29, 0.717) is 29.2 Å². The summed E-state index contributed by atoms with van der Waals surface area (Å²) in [4.78, 5) is 42.9. The van der Waals surface area contributed by atoms with Gasteiger partial charge in [0.25, 0.3) is 0 Å². The number of fused-ring (bicyclic) bond motifs is 2. The van der Waals surface area contributed by atoms with Crippen molar-refractivity contribution in [3.05, 3.63) is 90.1 Å². The first-order valence-corrected chi connectivity index (χ1v) is 15.2. The van der Waals surface area contributed by atoms with Crippen molar-refractivity contribution in [3.63, 3.8) is 0 Å². The topological polar surface area (TPSA) is 116 Å². The van der Waals surface area contributed by atoms with Gasteiger partial charge in [-0.1, -0.05) is 43.3 Å². The fourth-order valence-electron chi connectivity index (χ4n) is 5.76. The molecule has 3 aromatic carbocycles. The molecule has 0 saturated heterocycles. The molecule has 0 saturated carbocycles. The van der Waals surface area contributed by atoms with Gasteiger partial charge in [-0.05, 0) is 48.9 Å². The second-order valence-corrected chi connectivity index (χ2v) is 11.9. The molecule has 10 heteroatoms. The van der Waals surface area contributed by atoms with E-state index in [1.165, 1.54) is 0 Å². The average molecular weight is 612 g/mol. The SMILES string of the molecule is C[C@H](CO)N1C[C@H](C)[C@H](CN(C)C(=O)Nc2ccccc2)Oc2ccc(NC(=O)Cc3cn(C)c4ccccc34)cc2CC1=O. The van der Waals surface area contributed by atoms with Gasteiger partial charge in [0, 0.05) is 60.6 Å². The molecule has 4 amide bonds. The molecule has 10 nitrogen and oxygen atoms in total. The summed E-state index contributed by atoms with van der Waals surface area (Å²) >= 11 is 0. The maximum absolute atomic E-state index is 13.6. The average Bonchev–Trinajstić information content (AvgIpc) is 3.36. The molecule has 5 rings (SSSR count). The van der Waals surface area contributed by atoms with Gasteiger partial charge in [-0.3, -0.25) is 9.59 Å². The minimum Gasteiger partial charge on any atom is -0.488 e. The lowest BCUT2D eigenvalue weighted by Crippen LogP contribution is -2.48. The van der Waals surface area contributed by atoms with Crippen LogP contribution in [0.25, 0.3) is 10.9 Å². The van der Waals surface area contributed by atoms with Crippen molar-refractivity contribution in [3.8, 4) is 5.75 Å². The number of aryl methyl sites for hydroxylation is 1. The molecule has 0 spiro atoms. The van der Waals surface area contributed by atoms with E-state index in [0.717, 1.165) is 16.5 Å². The second-order valence-electron chi connectivity index (χ2n) is 11.9.